The number of nitrogens with one attached hydrogen (secondary N) is 2. The average Bonchev–Trinajstić information content (AvgIpc) is 2.90. The molecule has 0 aliphatic rings. The molecule has 8 heteroatoms. The highest BCUT2D eigenvalue weighted by molar-refractivity contribution is 9.11. The highest BCUT2D eigenvalue weighted by atomic mass is 79.9. The molecule has 20 heavy (non-hydrogen) atoms. The van der Waals surface area contributed by atoms with Crippen LogP contribution in [0.2, 0.25) is 0 Å². The molecule has 102 valence electrons. The summed E-state index contributed by atoms with van der Waals surface area (Å²) in [6.45, 7) is 0. The van der Waals surface area contributed by atoms with Crippen LogP contribution >= 0.6 is 31.9 Å². The summed E-state index contributed by atoms with van der Waals surface area (Å²) in [5, 5.41) is 3.25. The zero-order valence-corrected chi connectivity index (χ0v) is 13.3. The summed E-state index contributed by atoms with van der Waals surface area (Å²) >= 11 is 6.93. The smallest absolute Gasteiger partial charge is 0.180 e. The van der Waals surface area contributed by atoms with Crippen LogP contribution in [0.15, 0.2) is 45.7 Å². The predicted molar refractivity (Wildman–Crippen MR) is 85.9 cm³/mol. The van der Waals surface area contributed by atoms with E-state index in [0.29, 0.717) is 11.6 Å². The fourth-order valence-corrected chi connectivity index (χ4v) is 2.95. The Morgan fingerprint density at radius 3 is 2.85 bits per heavy atom. The molecule has 3 rings (SSSR count). The largest absolute Gasteiger partial charge is 0.336 e. The van der Waals surface area contributed by atoms with E-state index in [-0.39, 0.29) is 0 Å². The molecule has 0 unspecified atom stereocenters. The Labute approximate surface area is 131 Å². The van der Waals surface area contributed by atoms with Gasteiger partial charge in [0.25, 0.3) is 0 Å². The molecule has 4 N–H and O–H groups in total. The van der Waals surface area contributed by atoms with E-state index in [1.54, 1.807) is 12.4 Å². The van der Waals surface area contributed by atoms with Gasteiger partial charge in [0.05, 0.1) is 11.9 Å². The van der Waals surface area contributed by atoms with Gasteiger partial charge in [-0.1, -0.05) is 15.9 Å². The van der Waals surface area contributed by atoms with Crippen LogP contribution in [-0.2, 0) is 0 Å². The molecule has 0 aliphatic carbocycles. The summed E-state index contributed by atoms with van der Waals surface area (Å²) in [7, 11) is 0. The first kappa shape index (κ1) is 13.3. The van der Waals surface area contributed by atoms with Crippen molar-refractivity contribution in [2.75, 3.05) is 10.7 Å². The van der Waals surface area contributed by atoms with Crippen molar-refractivity contribution in [2.24, 2.45) is 5.84 Å². The SMILES string of the molecule is NNc1cn2ccnc2c(Nc2ccc(Br)cc2Br)n1. The minimum atomic E-state index is 0.547. The molecule has 0 amide bonds. The Morgan fingerprint density at radius 1 is 1.25 bits per heavy atom. The Bertz CT molecular complexity index is 770. The van der Waals surface area contributed by atoms with E-state index in [9.17, 15) is 0 Å². The minimum absolute atomic E-state index is 0.547. The molecule has 0 bridgehead atoms. The van der Waals surface area contributed by atoms with Crippen molar-refractivity contribution in [3.8, 4) is 0 Å². The highest BCUT2D eigenvalue weighted by Gasteiger charge is 2.09. The third-order valence-electron chi connectivity index (χ3n) is 2.71. The van der Waals surface area contributed by atoms with E-state index in [2.05, 4.69) is 52.6 Å². The van der Waals surface area contributed by atoms with Crippen LogP contribution in [0.4, 0.5) is 17.3 Å². The van der Waals surface area contributed by atoms with E-state index in [1.165, 1.54) is 0 Å². The number of nitrogen functional groups attached to an aromatic ring is 1. The second-order valence-electron chi connectivity index (χ2n) is 4.03. The van der Waals surface area contributed by atoms with Gasteiger partial charge in [-0.2, -0.15) is 0 Å². The fraction of sp³-hybridized carbons (Fsp3) is 0. The maximum atomic E-state index is 5.43. The minimum Gasteiger partial charge on any atom is -0.336 e. The van der Waals surface area contributed by atoms with Crippen molar-refractivity contribution < 1.29 is 0 Å². The summed E-state index contributed by atoms with van der Waals surface area (Å²) in [5.41, 5.74) is 4.15. The van der Waals surface area contributed by atoms with E-state index in [1.807, 2.05) is 28.8 Å². The van der Waals surface area contributed by atoms with E-state index in [4.69, 9.17) is 5.84 Å². The van der Waals surface area contributed by atoms with Gasteiger partial charge in [-0.05, 0) is 34.1 Å². The Morgan fingerprint density at radius 2 is 2.10 bits per heavy atom. The number of anilines is 3. The quantitative estimate of drug-likeness (QED) is 0.466. The van der Waals surface area contributed by atoms with E-state index in [0.717, 1.165) is 20.3 Å². The number of halogens is 2. The van der Waals surface area contributed by atoms with Crippen molar-refractivity contribution in [1.29, 1.82) is 0 Å². The molecule has 0 saturated carbocycles. The molecule has 0 radical (unpaired) electrons. The number of fused-ring (bicyclic) bond motifs is 1. The zero-order valence-electron chi connectivity index (χ0n) is 10.1. The van der Waals surface area contributed by atoms with Crippen LogP contribution < -0.4 is 16.6 Å². The Hall–Kier alpha value is -1.64. The van der Waals surface area contributed by atoms with Crippen molar-refractivity contribution in [3.63, 3.8) is 0 Å². The second kappa shape index (κ2) is 5.39. The number of rotatable bonds is 3. The number of aromatic nitrogens is 3. The summed E-state index contributed by atoms with van der Waals surface area (Å²) < 4.78 is 3.76. The van der Waals surface area contributed by atoms with Gasteiger partial charge in [0.1, 0.15) is 0 Å². The average molecular weight is 398 g/mol. The number of hydrazine groups is 1. The van der Waals surface area contributed by atoms with Crippen LogP contribution in [-0.4, -0.2) is 14.4 Å². The molecule has 0 aliphatic heterocycles. The lowest BCUT2D eigenvalue weighted by Gasteiger charge is -2.11. The van der Waals surface area contributed by atoms with E-state index >= 15 is 0 Å². The Balaban J connectivity index is 2.07. The third kappa shape index (κ3) is 2.49. The number of benzene rings is 1. The normalized spacial score (nSPS) is 10.8. The third-order valence-corrected chi connectivity index (χ3v) is 3.86. The molecule has 1 aromatic carbocycles. The second-order valence-corrected chi connectivity index (χ2v) is 5.80. The summed E-state index contributed by atoms with van der Waals surface area (Å²) in [4.78, 5) is 8.67. The molecule has 6 nitrogen and oxygen atoms in total. The van der Waals surface area contributed by atoms with Crippen molar-refractivity contribution in [1.82, 2.24) is 14.4 Å². The van der Waals surface area contributed by atoms with Crippen LogP contribution in [0.25, 0.3) is 5.65 Å². The van der Waals surface area contributed by atoms with Gasteiger partial charge < -0.3 is 15.1 Å². The van der Waals surface area contributed by atoms with Gasteiger partial charge in [0, 0.05) is 21.3 Å². The molecule has 0 spiro atoms. The number of imidazole rings is 1. The van der Waals surface area contributed by atoms with Crippen molar-refractivity contribution in [3.05, 3.63) is 45.7 Å². The molecule has 2 aromatic heterocycles. The van der Waals surface area contributed by atoms with Gasteiger partial charge >= 0.3 is 0 Å². The molecule has 2 heterocycles. The van der Waals surface area contributed by atoms with E-state index < -0.39 is 0 Å². The molecule has 0 saturated heterocycles. The lowest BCUT2D eigenvalue weighted by molar-refractivity contribution is 1.11. The maximum absolute atomic E-state index is 5.43. The monoisotopic (exact) mass is 396 g/mol. The lowest BCUT2D eigenvalue weighted by atomic mass is 10.3. The van der Waals surface area contributed by atoms with Crippen LogP contribution in [0.5, 0.6) is 0 Å². The van der Waals surface area contributed by atoms with Crippen molar-refractivity contribution in [2.45, 2.75) is 0 Å². The van der Waals surface area contributed by atoms with Gasteiger partial charge in [-0.15, -0.1) is 0 Å². The van der Waals surface area contributed by atoms with Gasteiger partial charge in [0.2, 0.25) is 0 Å². The van der Waals surface area contributed by atoms with Crippen LogP contribution in [0, 0.1) is 0 Å². The fourth-order valence-electron chi connectivity index (χ4n) is 1.80. The molecule has 3 aromatic rings. The number of nitrogens with two attached hydrogens (primary N) is 1. The molecular formula is C12H10Br2N6. The zero-order chi connectivity index (χ0) is 14.1. The molecule has 0 fully saturated rings. The predicted octanol–water partition coefficient (Wildman–Crippen LogP) is 3.28. The first-order chi connectivity index (χ1) is 9.67. The first-order valence-corrected chi connectivity index (χ1v) is 7.28. The summed E-state index contributed by atoms with van der Waals surface area (Å²) in [6.07, 6.45) is 5.31. The van der Waals surface area contributed by atoms with Crippen molar-refractivity contribution >= 4 is 54.8 Å². The number of nitrogens with zero attached hydrogens (tertiary/aromatic N) is 3. The van der Waals surface area contributed by atoms with Crippen LogP contribution in [0.3, 0.4) is 0 Å². The first-order valence-electron chi connectivity index (χ1n) is 5.70. The highest BCUT2D eigenvalue weighted by Crippen LogP contribution is 2.29. The number of hydrogen-bond donors (Lipinski definition) is 3. The van der Waals surface area contributed by atoms with Gasteiger partial charge in [0.15, 0.2) is 17.3 Å². The van der Waals surface area contributed by atoms with Gasteiger partial charge in [-0.3, -0.25) is 0 Å². The summed E-state index contributed by atoms with van der Waals surface area (Å²) in [5.74, 6) is 6.60. The lowest BCUT2D eigenvalue weighted by Crippen LogP contribution is -2.11. The topological polar surface area (TPSA) is 80.3 Å². The standard InChI is InChI=1S/C12H10Br2N6/c13-7-1-2-9(8(14)5-7)17-11-12-16-3-4-20(12)6-10(18-11)19-15/h1-6,19H,15H2,(H,17,18). The molecular weight excluding hydrogens is 388 g/mol. The maximum Gasteiger partial charge on any atom is 0.180 e. The molecule has 0 atom stereocenters. The van der Waals surface area contributed by atoms with Gasteiger partial charge in [-0.25, -0.2) is 15.8 Å². The Kier molecular flexibility index (Phi) is 3.60. The summed E-state index contributed by atoms with van der Waals surface area (Å²) in [6, 6.07) is 5.84. The number of hydrogen-bond acceptors (Lipinski definition) is 5. The van der Waals surface area contributed by atoms with Crippen LogP contribution in [0.1, 0.15) is 0 Å².